The van der Waals surface area contributed by atoms with Crippen molar-refractivity contribution >= 4 is 5.69 Å². The van der Waals surface area contributed by atoms with Crippen molar-refractivity contribution in [2.24, 2.45) is 0 Å². The Morgan fingerprint density at radius 1 is 1.00 bits per heavy atom. The molecular formula is C16H26N4. The second kappa shape index (κ2) is 6.12. The fourth-order valence-corrected chi connectivity index (χ4v) is 3.40. The first-order valence-corrected chi connectivity index (χ1v) is 7.68. The lowest BCUT2D eigenvalue weighted by Gasteiger charge is -2.30. The van der Waals surface area contributed by atoms with E-state index in [1.54, 1.807) is 0 Å². The van der Waals surface area contributed by atoms with Gasteiger partial charge in [-0.3, -0.25) is 0 Å². The van der Waals surface area contributed by atoms with Gasteiger partial charge in [-0.05, 0) is 31.8 Å². The number of piperazine rings is 1. The second-order valence-corrected chi connectivity index (χ2v) is 6.12. The third-order valence-corrected chi connectivity index (χ3v) is 4.65. The first kappa shape index (κ1) is 13.9. The van der Waals surface area contributed by atoms with Crippen LogP contribution in [-0.4, -0.2) is 64.3 Å². The molecule has 2 aliphatic heterocycles. The van der Waals surface area contributed by atoms with Crippen molar-refractivity contribution in [3.8, 4) is 0 Å². The van der Waals surface area contributed by atoms with Crippen molar-refractivity contribution in [1.29, 1.82) is 0 Å². The van der Waals surface area contributed by atoms with E-state index < -0.39 is 0 Å². The molecule has 2 aliphatic rings. The molecule has 0 aromatic heterocycles. The van der Waals surface area contributed by atoms with Gasteiger partial charge in [0.05, 0.1) is 0 Å². The van der Waals surface area contributed by atoms with E-state index >= 15 is 0 Å². The van der Waals surface area contributed by atoms with Gasteiger partial charge in [-0.25, -0.2) is 0 Å². The molecule has 0 aliphatic carbocycles. The summed E-state index contributed by atoms with van der Waals surface area (Å²) in [6.45, 7) is 6.61. The van der Waals surface area contributed by atoms with E-state index in [1.165, 1.54) is 11.3 Å². The number of anilines is 1. The zero-order valence-electron chi connectivity index (χ0n) is 12.6. The molecule has 2 saturated heterocycles. The Labute approximate surface area is 122 Å². The fourth-order valence-electron chi connectivity index (χ4n) is 3.40. The highest BCUT2D eigenvalue weighted by Crippen LogP contribution is 2.27. The van der Waals surface area contributed by atoms with E-state index in [9.17, 15) is 0 Å². The zero-order valence-corrected chi connectivity index (χ0v) is 12.6. The van der Waals surface area contributed by atoms with Crippen LogP contribution in [-0.2, 0) is 0 Å². The topological polar surface area (TPSA) is 30.5 Å². The summed E-state index contributed by atoms with van der Waals surface area (Å²) < 4.78 is 0. The number of benzene rings is 1. The van der Waals surface area contributed by atoms with Crippen LogP contribution in [0.25, 0.3) is 0 Å². The van der Waals surface area contributed by atoms with Crippen LogP contribution in [0.4, 0.5) is 5.69 Å². The summed E-state index contributed by atoms with van der Waals surface area (Å²) in [7, 11) is 4.36. The van der Waals surface area contributed by atoms with E-state index in [0.717, 1.165) is 39.3 Å². The van der Waals surface area contributed by atoms with Crippen molar-refractivity contribution < 1.29 is 0 Å². The van der Waals surface area contributed by atoms with Crippen molar-refractivity contribution in [2.45, 2.75) is 12.0 Å². The van der Waals surface area contributed by atoms with Gasteiger partial charge in [0.1, 0.15) is 0 Å². The number of nitrogens with one attached hydrogen (secondary N) is 2. The van der Waals surface area contributed by atoms with Gasteiger partial charge in [0, 0.05) is 56.9 Å². The van der Waals surface area contributed by atoms with Crippen LogP contribution in [0.1, 0.15) is 11.5 Å². The van der Waals surface area contributed by atoms with Crippen LogP contribution >= 0.6 is 0 Å². The largest absolute Gasteiger partial charge is 0.369 e. The van der Waals surface area contributed by atoms with Gasteiger partial charge in [0.2, 0.25) is 0 Å². The summed E-state index contributed by atoms with van der Waals surface area (Å²) in [6.07, 6.45) is 0. The van der Waals surface area contributed by atoms with Gasteiger partial charge in [-0.15, -0.1) is 0 Å². The number of rotatable bonds is 3. The summed E-state index contributed by atoms with van der Waals surface area (Å²) >= 11 is 0. The zero-order chi connectivity index (χ0) is 13.9. The average Bonchev–Trinajstić information content (AvgIpc) is 2.98. The third-order valence-electron chi connectivity index (χ3n) is 4.65. The first-order chi connectivity index (χ1) is 9.75. The van der Waals surface area contributed by atoms with Crippen molar-refractivity contribution in [3.05, 3.63) is 29.8 Å². The van der Waals surface area contributed by atoms with Crippen LogP contribution in [0.2, 0.25) is 0 Å². The van der Waals surface area contributed by atoms with Gasteiger partial charge in [0.15, 0.2) is 0 Å². The highest BCUT2D eigenvalue weighted by Gasteiger charge is 2.29. The van der Waals surface area contributed by atoms with E-state index in [-0.39, 0.29) is 0 Å². The molecule has 110 valence electrons. The Morgan fingerprint density at radius 3 is 2.35 bits per heavy atom. The molecule has 0 radical (unpaired) electrons. The Kier molecular flexibility index (Phi) is 4.24. The molecule has 0 saturated carbocycles. The molecule has 2 N–H and O–H groups in total. The summed E-state index contributed by atoms with van der Waals surface area (Å²) in [5.41, 5.74) is 2.83. The van der Waals surface area contributed by atoms with Crippen molar-refractivity contribution in [2.75, 3.05) is 58.3 Å². The lowest BCUT2D eigenvalue weighted by atomic mass is 9.93. The number of nitrogens with zero attached hydrogens (tertiary/aromatic N) is 2. The van der Waals surface area contributed by atoms with Gasteiger partial charge < -0.3 is 20.4 Å². The van der Waals surface area contributed by atoms with E-state index in [2.05, 4.69) is 58.8 Å². The van der Waals surface area contributed by atoms with E-state index in [4.69, 9.17) is 0 Å². The maximum atomic E-state index is 3.52. The van der Waals surface area contributed by atoms with E-state index in [1.807, 2.05) is 0 Å². The van der Waals surface area contributed by atoms with Crippen LogP contribution in [0.5, 0.6) is 0 Å². The molecule has 2 atom stereocenters. The summed E-state index contributed by atoms with van der Waals surface area (Å²) in [6, 6.07) is 9.86. The van der Waals surface area contributed by atoms with Crippen LogP contribution in [0.15, 0.2) is 24.3 Å². The molecule has 2 heterocycles. The molecule has 3 rings (SSSR count). The molecule has 20 heavy (non-hydrogen) atoms. The van der Waals surface area contributed by atoms with Crippen LogP contribution in [0, 0.1) is 0 Å². The number of hydrogen-bond acceptors (Lipinski definition) is 4. The lowest BCUT2D eigenvalue weighted by Crippen LogP contribution is -2.43. The van der Waals surface area contributed by atoms with Crippen molar-refractivity contribution in [1.82, 2.24) is 15.5 Å². The fraction of sp³-hybridized carbons (Fsp3) is 0.625. The Bertz CT molecular complexity index is 423. The minimum Gasteiger partial charge on any atom is -0.369 e. The maximum absolute atomic E-state index is 3.52. The Balaban J connectivity index is 1.72. The van der Waals surface area contributed by atoms with Crippen LogP contribution in [0.3, 0.4) is 0 Å². The molecule has 4 nitrogen and oxygen atoms in total. The molecule has 0 spiro atoms. The summed E-state index contributed by atoms with van der Waals surface area (Å²) in [5, 5.41) is 6.92. The lowest BCUT2D eigenvalue weighted by molar-refractivity contribution is 0.291. The monoisotopic (exact) mass is 274 g/mol. The smallest absolute Gasteiger partial charge is 0.0367 e. The molecule has 2 fully saturated rings. The third kappa shape index (κ3) is 2.82. The Hall–Kier alpha value is -1.10. The first-order valence-electron chi connectivity index (χ1n) is 7.68. The van der Waals surface area contributed by atoms with Gasteiger partial charge >= 0.3 is 0 Å². The highest BCUT2D eigenvalue weighted by molar-refractivity contribution is 5.49. The average molecular weight is 274 g/mol. The molecule has 4 heteroatoms. The molecule has 1 aromatic carbocycles. The summed E-state index contributed by atoms with van der Waals surface area (Å²) in [5.74, 6) is 0.613. The minimum atomic E-state index is 0.611. The quantitative estimate of drug-likeness (QED) is 0.850. The SMILES string of the molecule is CN(C)C1CNCC1c1ccc(N2CCNCC2)cc1. The van der Waals surface area contributed by atoms with Crippen molar-refractivity contribution in [3.63, 3.8) is 0 Å². The predicted molar refractivity (Wildman–Crippen MR) is 84.6 cm³/mol. The standard InChI is InChI=1S/C16H26N4/c1-19(2)16-12-18-11-15(16)13-3-5-14(6-4-13)20-9-7-17-8-10-20/h3-6,15-18H,7-12H2,1-2H3. The maximum Gasteiger partial charge on any atom is 0.0367 e. The van der Waals surface area contributed by atoms with E-state index in [0.29, 0.717) is 12.0 Å². The molecule has 1 aromatic rings. The summed E-state index contributed by atoms with van der Waals surface area (Å²) in [4.78, 5) is 4.81. The Morgan fingerprint density at radius 2 is 1.70 bits per heavy atom. The predicted octanol–water partition coefficient (Wildman–Crippen LogP) is 0.713. The molecule has 0 bridgehead atoms. The highest BCUT2D eigenvalue weighted by atomic mass is 15.2. The molecule has 2 unspecified atom stereocenters. The minimum absolute atomic E-state index is 0.611. The van der Waals surface area contributed by atoms with Gasteiger partial charge in [-0.1, -0.05) is 12.1 Å². The van der Waals surface area contributed by atoms with Crippen LogP contribution < -0.4 is 15.5 Å². The molecular weight excluding hydrogens is 248 g/mol. The second-order valence-electron chi connectivity index (χ2n) is 6.12. The number of likely N-dealkylation sites (N-methyl/N-ethyl adjacent to an activating group) is 1. The van der Waals surface area contributed by atoms with Gasteiger partial charge in [0.25, 0.3) is 0 Å². The normalized spacial score (nSPS) is 27.2. The molecule has 0 amide bonds. The number of hydrogen-bond donors (Lipinski definition) is 2. The van der Waals surface area contributed by atoms with Gasteiger partial charge in [-0.2, -0.15) is 0 Å².